The molecular weight excluding hydrogens is 478 g/mol. The van der Waals surface area contributed by atoms with Gasteiger partial charge in [0.15, 0.2) is 10.7 Å². The number of carbonyl (C=O) groups excluding carboxylic acids is 1. The Morgan fingerprint density at radius 3 is 2.47 bits per heavy atom. The van der Waals surface area contributed by atoms with Gasteiger partial charge in [-0.1, -0.05) is 26.0 Å². The zero-order chi connectivity index (χ0) is 25.8. The first-order valence-corrected chi connectivity index (χ1v) is 11.8. The summed E-state index contributed by atoms with van der Waals surface area (Å²) in [5, 5.41) is 16.2. The van der Waals surface area contributed by atoms with Crippen molar-refractivity contribution < 1.29 is 23.8 Å². The Labute approximate surface area is 214 Å². The van der Waals surface area contributed by atoms with Crippen LogP contribution in [0.25, 0.3) is 22.6 Å². The largest absolute Gasteiger partial charge is 0.507 e. The van der Waals surface area contributed by atoms with Gasteiger partial charge in [-0.2, -0.15) is 0 Å². The normalized spacial score (nSPS) is 11.7. The summed E-state index contributed by atoms with van der Waals surface area (Å²) < 4.78 is 16.4. The molecule has 0 unspecified atom stereocenters. The highest BCUT2D eigenvalue weighted by atomic mass is 32.1. The number of benzene rings is 3. The highest BCUT2D eigenvalue weighted by Crippen LogP contribution is 2.34. The van der Waals surface area contributed by atoms with Gasteiger partial charge in [0.2, 0.25) is 5.89 Å². The summed E-state index contributed by atoms with van der Waals surface area (Å²) in [6, 6.07) is 15.8. The van der Waals surface area contributed by atoms with E-state index in [4.69, 9.17) is 26.1 Å². The molecule has 0 aliphatic carbocycles. The lowest BCUT2D eigenvalue weighted by atomic mass is 9.98. The fourth-order valence-electron chi connectivity index (χ4n) is 3.80. The molecule has 0 aliphatic heterocycles. The van der Waals surface area contributed by atoms with E-state index in [1.165, 1.54) is 25.8 Å². The monoisotopic (exact) mass is 505 g/mol. The number of methoxy groups -OCH3 is 2. The number of carbonyl (C=O) groups is 1. The van der Waals surface area contributed by atoms with Crippen LogP contribution < -0.4 is 20.1 Å². The number of hydrogen-bond acceptors (Lipinski definition) is 7. The van der Waals surface area contributed by atoms with Gasteiger partial charge in [0, 0.05) is 11.8 Å². The first-order chi connectivity index (χ1) is 17.3. The maximum atomic E-state index is 12.8. The molecule has 4 rings (SSSR count). The van der Waals surface area contributed by atoms with Crippen LogP contribution >= 0.6 is 12.2 Å². The number of hydrogen-bond donors (Lipinski definition) is 3. The van der Waals surface area contributed by atoms with E-state index < -0.39 is 5.91 Å². The van der Waals surface area contributed by atoms with Gasteiger partial charge >= 0.3 is 0 Å². The summed E-state index contributed by atoms with van der Waals surface area (Å²) in [7, 11) is 2.93. The van der Waals surface area contributed by atoms with E-state index in [0.29, 0.717) is 40.1 Å². The average molecular weight is 506 g/mol. The molecule has 1 amide bonds. The second-order valence-electron chi connectivity index (χ2n) is 8.23. The number of amides is 1. The van der Waals surface area contributed by atoms with Crippen LogP contribution in [0.2, 0.25) is 0 Å². The van der Waals surface area contributed by atoms with Crippen molar-refractivity contribution in [3.8, 4) is 28.7 Å². The summed E-state index contributed by atoms with van der Waals surface area (Å²) in [6.45, 7) is 4.31. The second kappa shape index (κ2) is 10.7. The molecule has 1 aromatic heterocycles. The van der Waals surface area contributed by atoms with E-state index in [2.05, 4.69) is 29.5 Å². The molecule has 0 spiro atoms. The van der Waals surface area contributed by atoms with Gasteiger partial charge in [0.1, 0.15) is 28.3 Å². The molecule has 3 N–H and O–H groups in total. The maximum Gasteiger partial charge on any atom is 0.264 e. The Morgan fingerprint density at radius 1 is 1.11 bits per heavy atom. The van der Waals surface area contributed by atoms with Crippen molar-refractivity contribution in [2.45, 2.75) is 26.2 Å². The maximum absolute atomic E-state index is 12.8. The van der Waals surface area contributed by atoms with Gasteiger partial charge in [0.05, 0.1) is 19.8 Å². The SMILES string of the molecule is CC[C@H](C)c1ccc2oc(-c3ccc(NC(=S)NC(=O)c4c(OC)cccc4OC)cc3O)nc2c1. The highest BCUT2D eigenvalue weighted by molar-refractivity contribution is 7.80. The fourth-order valence-corrected chi connectivity index (χ4v) is 4.01. The van der Waals surface area contributed by atoms with Gasteiger partial charge in [-0.05, 0) is 66.5 Å². The number of aromatic nitrogens is 1. The number of ether oxygens (including phenoxy) is 2. The van der Waals surface area contributed by atoms with Crippen LogP contribution in [0.5, 0.6) is 17.2 Å². The standard InChI is InChI=1S/C27H27N3O5S/c1-5-15(2)16-9-12-21-19(13-16)29-26(35-21)18-11-10-17(14-20(18)31)28-27(36)30-25(32)24-22(33-3)7-6-8-23(24)34-4/h6-15,31H,5H2,1-4H3,(H2,28,30,32,36)/t15-/m0/s1. The summed E-state index contributed by atoms with van der Waals surface area (Å²) in [5.41, 5.74) is 3.71. The van der Waals surface area contributed by atoms with Crippen LogP contribution in [0.4, 0.5) is 5.69 Å². The molecule has 8 nitrogen and oxygen atoms in total. The predicted molar refractivity (Wildman–Crippen MR) is 143 cm³/mol. The molecule has 36 heavy (non-hydrogen) atoms. The molecule has 0 aliphatic rings. The minimum atomic E-state index is -0.495. The Bertz CT molecular complexity index is 1410. The van der Waals surface area contributed by atoms with Crippen LogP contribution in [0.1, 0.15) is 42.1 Å². The third kappa shape index (κ3) is 5.11. The number of anilines is 1. The number of nitrogens with one attached hydrogen (secondary N) is 2. The van der Waals surface area contributed by atoms with E-state index in [1.807, 2.05) is 18.2 Å². The number of phenolic OH excluding ortho intramolecular Hbond substituents is 1. The minimum Gasteiger partial charge on any atom is -0.507 e. The number of fused-ring (bicyclic) bond motifs is 1. The Balaban J connectivity index is 1.50. The van der Waals surface area contributed by atoms with Crippen LogP contribution in [0, 0.1) is 0 Å². The third-order valence-corrected chi connectivity index (χ3v) is 6.17. The van der Waals surface area contributed by atoms with Crippen molar-refractivity contribution >= 4 is 40.0 Å². The number of thiocarbonyl (C=S) groups is 1. The number of phenols is 1. The third-order valence-electron chi connectivity index (χ3n) is 5.96. The molecule has 1 heterocycles. The lowest BCUT2D eigenvalue weighted by Crippen LogP contribution is -2.34. The first-order valence-electron chi connectivity index (χ1n) is 11.4. The number of aromatic hydroxyl groups is 1. The summed E-state index contributed by atoms with van der Waals surface area (Å²) >= 11 is 5.29. The van der Waals surface area contributed by atoms with Gasteiger partial charge < -0.3 is 24.3 Å². The lowest BCUT2D eigenvalue weighted by molar-refractivity contribution is 0.0971. The topological polar surface area (TPSA) is 106 Å². The number of oxazole rings is 1. The Hall–Kier alpha value is -4.11. The van der Waals surface area contributed by atoms with Gasteiger partial charge in [-0.15, -0.1) is 0 Å². The highest BCUT2D eigenvalue weighted by Gasteiger charge is 2.20. The molecule has 4 aromatic rings. The summed E-state index contributed by atoms with van der Waals surface area (Å²) in [4.78, 5) is 17.4. The van der Waals surface area contributed by atoms with Crippen molar-refractivity contribution in [2.24, 2.45) is 0 Å². The number of rotatable bonds is 7. The van der Waals surface area contributed by atoms with Crippen molar-refractivity contribution in [3.63, 3.8) is 0 Å². The molecule has 0 fully saturated rings. The fraction of sp³-hybridized carbons (Fsp3) is 0.222. The Morgan fingerprint density at radius 2 is 1.83 bits per heavy atom. The van der Waals surface area contributed by atoms with E-state index in [0.717, 1.165) is 11.9 Å². The van der Waals surface area contributed by atoms with Crippen molar-refractivity contribution in [2.75, 3.05) is 19.5 Å². The van der Waals surface area contributed by atoms with E-state index in [-0.39, 0.29) is 16.4 Å². The second-order valence-corrected chi connectivity index (χ2v) is 8.64. The molecule has 1 atom stereocenters. The van der Waals surface area contributed by atoms with Crippen LogP contribution in [0.15, 0.2) is 59.0 Å². The molecule has 0 radical (unpaired) electrons. The van der Waals surface area contributed by atoms with Crippen LogP contribution in [0.3, 0.4) is 0 Å². The minimum absolute atomic E-state index is 0.0412. The zero-order valence-electron chi connectivity index (χ0n) is 20.4. The summed E-state index contributed by atoms with van der Waals surface area (Å²) in [6.07, 6.45) is 1.03. The van der Waals surface area contributed by atoms with Gasteiger partial charge in [-0.3, -0.25) is 10.1 Å². The van der Waals surface area contributed by atoms with Crippen molar-refractivity contribution in [3.05, 3.63) is 65.7 Å². The predicted octanol–water partition coefficient (Wildman–Crippen LogP) is 5.86. The lowest BCUT2D eigenvalue weighted by Gasteiger charge is -2.14. The average Bonchev–Trinajstić information content (AvgIpc) is 3.30. The molecule has 186 valence electrons. The van der Waals surface area contributed by atoms with Crippen LogP contribution in [-0.2, 0) is 0 Å². The quantitative estimate of drug-likeness (QED) is 0.268. The van der Waals surface area contributed by atoms with E-state index in [9.17, 15) is 9.90 Å². The first kappa shape index (κ1) is 25.0. The molecular formula is C27H27N3O5S. The smallest absolute Gasteiger partial charge is 0.264 e. The molecule has 9 heteroatoms. The van der Waals surface area contributed by atoms with Crippen molar-refractivity contribution in [1.29, 1.82) is 0 Å². The van der Waals surface area contributed by atoms with Crippen molar-refractivity contribution in [1.82, 2.24) is 10.3 Å². The molecule has 0 saturated carbocycles. The summed E-state index contributed by atoms with van der Waals surface area (Å²) in [5.74, 6) is 0.897. The van der Waals surface area contributed by atoms with Gasteiger partial charge in [0.25, 0.3) is 5.91 Å². The number of nitrogens with zero attached hydrogens (tertiary/aromatic N) is 1. The zero-order valence-corrected chi connectivity index (χ0v) is 21.2. The molecule has 0 bridgehead atoms. The van der Waals surface area contributed by atoms with Crippen LogP contribution in [-0.4, -0.2) is 35.3 Å². The Kier molecular flexibility index (Phi) is 7.40. The molecule has 0 saturated heterocycles. The van der Waals surface area contributed by atoms with E-state index in [1.54, 1.807) is 30.3 Å². The van der Waals surface area contributed by atoms with Gasteiger partial charge in [-0.25, -0.2) is 4.98 Å². The molecule has 3 aromatic carbocycles. The van der Waals surface area contributed by atoms with E-state index >= 15 is 0 Å².